The highest BCUT2D eigenvalue weighted by atomic mass is 16.2. The number of Topliss-reactive ketones (excluding diaryl/α,β-unsaturated/α-hetero) is 1. The fourth-order valence-electron chi connectivity index (χ4n) is 5.67. The molecule has 4 atom stereocenters. The number of hydrogen-bond acceptors (Lipinski definition) is 3. The average Bonchev–Trinajstić information content (AvgIpc) is 2.62. The van der Waals surface area contributed by atoms with E-state index < -0.39 is 0 Å². The third-order valence-corrected chi connectivity index (χ3v) is 6.45. The number of hydrogen-bond donors (Lipinski definition) is 0. The SMILES string of the molecule is CC(=O)c1c(C)nn(CC(=O)N2CC3C[C@@H]4CC2C[C@H](C3)C4)c1C. The summed E-state index contributed by atoms with van der Waals surface area (Å²) >= 11 is 0. The number of aryl methyl sites for hydroxylation is 1. The van der Waals surface area contributed by atoms with E-state index in [1.807, 2.05) is 13.8 Å². The molecule has 1 amide bonds. The van der Waals surface area contributed by atoms with Crippen molar-refractivity contribution in [3.63, 3.8) is 0 Å². The molecule has 0 aromatic carbocycles. The molecular weight excluding hydrogens is 302 g/mol. The number of amides is 1. The van der Waals surface area contributed by atoms with Crippen molar-refractivity contribution in [2.24, 2.45) is 17.8 Å². The number of nitrogens with zero attached hydrogens (tertiary/aromatic N) is 3. The second-order valence-electron chi connectivity index (χ2n) is 8.24. The van der Waals surface area contributed by atoms with Crippen LogP contribution < -0.4 is 0 Å². The molecule has 2 saturated heterocycles. The third kappa shape index (κ3) is 2.58. The van der Waals surface area contributed by atoms with Gasteiger partial charge in [0.25, 0.3) is 0 Å². The van der Waals surface area contributed by atoms with Crippen molar-refractivity contribution in [3.8, 4) is 0 Å². The van der Waals surface area contributed by atoms with Crippen LogP contribution in [0.2, 0.25) is 0 Å². The molecule has 4 fully saturated rings. The van der Waals surface area contributed by atoms with E-state index in [1.54, 1.807) is 11.6 Å². The van der Waals surface area contributed by atoms with E-state index in [0.717, 1.165) is 29.8 Å². The Labute approximate surface area is 143 Å². The Hall–Kier alpha value is -1.65. The molecule has 2 aliphatic carbocycles. The van der Waals surface area contributed by atoms with E-state index in [9.17, 15) is 9.59 Å². The number of carbonyl (C=O) groups is 2. The topological polar surface area (TPSA) is 55.2 Å². The maximum absolute atomic E-state index is 13.0. The first-order valence-corrected chi connectivity index (χ1v) is 9.26. The van der Waals surface area contributed by atoms with Gasteiger partial charge in [0.1, 0.15) is 6.54 Å². The van der Waals surface area contributed by atoms with Gasteiger partial charge in [-0.2, -0.15) is 5.10 Å². The molecule has 0 N–H and O–H groups in total. The van der Waals surface area contributed by atoms with Crippen molar-refractivity contribution in [1.29, 1.82) is 0 Å². The normalized spacial score (nSPS) is 31.4. The van der Waals surface area contributed by atoms with E-state index in [-0.39, 0.29) is 18.2 Å². The number of fused-ring (bicyclic) bond motifs is 1. The zero-order valence-corrected chi connectivity index (χ0v) is 14.9. The lowest BCUT2D eigenvalue weighted by atomic mass is 9.68. The fourth-order valence-corrected chi connectivity index (χ4v) is 5.67. The Bertz CT molecular complexity index is 679. The summed E-state index contributed by atoms with van der Waals surface area (Å²) in [7, 11) is 0. The van der Waals surface area contributed by atoms with E-state index in [0.29, 0.717) is 17.5 Å². The maximum Gasteiger partial charge on any atom is 0.244 e. The van der Waals surface area contributed by atoms with Crippen LogP contribution in [0.25, 0.3) is 0 Å². The zero-order chi connectivity index (χ0) is 17.0. The highest BCUT2D eigenvalue weighted by Crippen LogP contribution is 2.47. The van der Waals surface area contributed by atoms with E-state index in [2.05, 4.69) is 10.00 Å². The average molecular weight is 329 g/mol. The Morgan fingerprint density at radius 3 is 2.25 bits per heavy atom. The van der Waals surface area contributed by atoms with Crippen LogP contribution in [0, 0.1) is 31.6 Å². The smallest absolute Gasteiger partial charge is 0.244 e. The standard InChI is InChI=1S/C19H27N3O2/c1-11-19(13(3)23)12(2)22(20-11)10-18(24)21-9-16-5-14-4-15(6-16)8-17(21)7-14/h14-17H,4-10H2,1-3H3/t14-,15+,16?,17?. The van der Waals surface area contributed by atoms with Gasteiger partial charge in [-0.3, -0.25) is 14.3 Å². The molecule has 1 aromatic rings. The summed E-state index contributed by atoms with van der Waals surface area (Å²) in [6.07, 6.45) is 6.38. The molecular formula is C19H27N3O2. The van der Waals surface area contributed by atoms with Gasteiger partial charge in [0.05, 0.1) is 11.3 Å². The first-order chi connectivity index (χ1) is 11.4. The molecule has 5 rings (SSSR count). The van der Waals surface area contributed by atoms with Gasteiger partial charge in [-0.15, -0.1) is 0 Å². The van der Waals surface area contributed by atoms with Gasteiger partial charge in [0.15, 0.2) is 5.78 Å². The molecule has 1 aromatic heterocycles. The Morgan fingerprint density at radius 1 is 1.04 bits per heavy atom. The first kappa shape index (κ1) is 15.9. The number of rotatable bonds is 3. The summed E-state index contributed by atoms with van der Waals surface area (Å²) in [5, 5.41) is 4.45. The van der Waals surface area contributed by atoms with Gasteiger partial charge >= 0.3 is 0 Å². The van der Waals surface area contributed by atoms with Gasteiger partial charge in [0, 0.05) is 18.3 Å². The van der Waals surface area contributed by atoms with Crippen LogP contribution in [0.5, 0.6) is 0 Å². The van der Waals surface area contributed by atoms with Crippen LogP contribution in [-0.2, 0) is 11.3 Å². The minimum Gasteiger partial charge on any atom is -0.338 e. The van der Waals surface area contributed by atoms with Crippen molar-refractivity contribution in [1.82, 2.24) is 14.7 Å². The molecule has 0 spiro atoms. The predicted molar refractivity (Wildman–Crippen MR) is 90.8 cm³/mol. The van der Waals surface area contributed by atoms with Crippen LogP contribution in [0.3, 0.4) is 0 Å². The number of aromatic nitrogens is 2. The molecule has 4 bridgehead atoms. The third-order valence-electron chi connectivity index (χ3n) is 6.45. The second-order valence-corrected chi connectivity index (χ2v) is 8.24. The molecule has 24 heavy (non-hydrogen) atoms. The molecule has 3 heterocycles. The van der Waals surface area contributed by atoms with Crippen LogP contribution in [-0.4, -0.2) is 39.0 Å². The van der Waals surface area contributed by atoms with Crippen molar-refractivity contribution >= 4 is 11.7 Å². The van der Waals surface area contributed by atoms with Gasteiger partial charge in [-0.05, 0) is 70.6 Å². The Kier molecular flexibility index (Phi) is 3.77. The lowest BCUT2D eigenvalue weighted by molar-refractivity contribution is -0.135. The first-order valence-electron chi connectivity index (χ1n) is 9.26. The minimum atomic E-state index is 0.0226. The number of ketones is 1. The van der Waals surface area contributed by atoms with Crippen molar-refractivity contribution in [2.75, 3.05) is 6.54 Å². The van der Waals surface area contributed by atoms with Crippen LogP contribution in [0.4, 0.5) is 0 Å². The molecule has 0 radical (unpaired) electrons. The summed E-state index contributed by atoms with van der Waals surface area (Å²) in [5.74, 6) is 2.56. The summed E-state index contributed by atoms with van der Waals surface area (Å²) in [5.41, 5.74) is 2.20. The predicted octanol–water partition coefficient (Wildman–Crippen LogP) is 2.74. The van der Waals surface area contributed by atoms with Gasteiger partial charge < -0.3 is 4.90 Å². The lowest BCUT2D eigenvalue weighted by Crippen LogP contribution is -2.43. The minimum absolute atomic E-state index is 0.0226. The van der Waals surface area contributed by atoms with Gasteiger partial charge in [-0.1, -0.05) is 0 Å². The summed E-state index contributed by atoms with van der Waals surface area (Å²) in [4.78, 5) is 26.9. The van der Waals surface area contributed by atoms with Gasteiger partial charge in [0.2, 0.25) is 5.91 Å². The quantitative estimate of drug-likeness (QED) is 0.801. The van der Waals surface area contributed by atoms with Crippen LogP contribution >= 0.6 is 0 Å². The monoisotopic (exact) mass is 329 g/mol. The largest absolute Gasteiger partial charge is 0.338 e. The van der Waals surface area contributed by atoms with E-state index in [4.69, 9.17) is 0 Å². The van der Waals surface area contributed by atoms with Crippen LogP contribution in [0.15, 0.2) is 0 Å². The maximum atomic E-state index is 13.0. The highest BCUT2D eigenvalue weighted by Gasteiger charge is 2.44. The molecule has 4 aliphatic rings. The fraction of sp³-hybridized carbons (Fsp3) is 0.737. The highest BCUT2D eigenvalue weighted by molar-refractivity contribution is 5.96. The Morgan fingerprint density at radius 2 is 1.67 bits per heavy atom. The zero-order valence-electron chi connectivity index (χ0n) is 14.9. The van der Waals surface area contributed by atoms with E-state index >= 15 is 0 Å². The lowest BCUT2D eigenvalue weighted by Gasteiger charge is -2.39. The molecule has 2 unspecified atom stereocenters. The molecule has 130 valence electrons. The molecule has 2 saturated carbocycles. The van der Waals surface area contributed by atoms with Gasteiger partial charge in [-0.25, -0.2) is 0 Å². The molecule has 5 heteroatoms. The number of carbonyl (C=O) groups excluding carboxylic acids is 2. The molecule has 2 aliphatic heterocycles. The summed E-state index contributed by atoms with van der Waals surface area (Å²) in [6.45, 7) is 6.48. The summed E-state index contributed by atoms with van der Waals surface area (Å²) < 4.78 is 1.73. The van der Waals surface area contributed by atoms with Crippen molar-refractivity contribution < 1.29 is 9.59 Å². The molecule has 5 nitrogen and oxygen atoms in total. The van der Waals surface area contributed by atoms with Crippen LogP contribution in [0.1, 0.15) is 60.8 Å². The van der Waals surface area contributed by atoms with E-state index in [1.165, 1.54) is 32.1 Å². The second kappa shape index (κ2) is 5.71. The van der Waals surface area contributed by atoms with Crippen molar-refractivity contribution in [2.45, 2.75) is 65.5 Å². The van der Waals surface area contributed by atoms with Crippen molar-refractivity contribution in [3.05, 3.63) is 17.0 Å². The summed E-state index contributed by atoms with van der Waals surface area (Å²) in [6, 6.07) is 0.429. The Balaban J connectivity index is 1.55.